The summed E-state index contributed by atoms with van der Waals surface area (Å²) < 4.78 is 0. The molecule has 0 saturated carbocycles. The number of benzene rings is 1. The first-order valence-electron chi connectivity index (χ1n) is 16.0. The van der Waals surface area contributed by atoms with Crippen LogP contribution in [0.5, 0.6) is 0 Å². The normalized spacial score (nSPS) is 31.8. The Morgan fingerprint density at radius 1 is 0.625 bits per heavy atom. The highest BCUT2D eigenvalue weighted by Crippen LogP contribution is 2.36. The molecule has 0 amide bonds. The molecule has 2 nitrogen and oxygen atoms in total. The second-order valence-corrected chi connectivity index (χ2v) is 12.9. The number of hydrogen-bond donors (Lipinski definition) is 0. The van der Waals surface area contributed by atoms with Gasteiger partial charge in [0.05, 0.1) is 12.1 Å². The van der Waals surface area contributed by atoms with Gasteiger partial charge in [0.25, 0.3) is 0 Å². The van der Waals surface area contributed by atoms with Crippen molar-refractivity contribution in [2.24, 2.45) is 11.8 Å². The molecule has 0 radical (unpaired) electrons. The molecule has 0 saturated heterocycles. The number of nitrogens with zero attached hydrogens (tertiary/aromatic N) is 2. The maximum absolute atomic E-state index is 2.82. The molecule has 6 atom stereocenters. The molecule has 0 fully saturated rings. The molecule has 0 bridgehead atoms. The molecule has 1 aromatic rings. The van der Waals surface area contributed by atoms with Crippen LogP contribution >= 0.6 is 0 Å². The van der Waals surface area contributed by atoms with Crippen LogP contribution in [0, 0.1) is 11.8 Å². The van der Waals surface area contributed by atoms with Gasteiger partial charge in [0.1, 0.15) is 0 Å². The van der Waals surface area contributed by atoms with E-state index >= 15 is 0 Å². The third kappa shape index (κ3) is 6.17. The van der Waals surface area contributed by atoms with Gasteiger partial charge in [0.15, 0.2) is 0 Å². The van der Waals surface area contributed by atoms with Crippen LogP contribution in [0.3, 0.4) is 0 Å². The Bertz CT molecular complexity index is 1230. The lowest BCUT2D eigenvalue weighted by Gasteiger charge is -2.43. The Morgan fingerprint density at radius 3 is 2.00 bits per heavy atom. The van der Waals surface area contributed by atoms with Crippen LogP contribution in [0.2, 0.25) is 0 Å². The Balaban J connectivity index is 1.16. The Hall–Kier alpha value is -3.00. The molecule has 210 valence electrons. The van der Waals surface area contributed by atoms with Crippen molar-refractivity contribution in [3.8, 4) is 0 Å². The second-order valence-electron chi connectivity index (χ2n) is 12.9. The SMILES string of the molecule is CC1CCC=C(N(C2C=CC(C3=CCC(N(c4ccccc4)C4C=CCC(C)C4)C=C3)=CC2)C2CC=CCC2)C1. The van der Waals surface area contributed by atoms with Crippen molar-refractivity contribution in [1.29, 1.82) is 0 Å². The van der Waals surface area contributed by atoms with Crippen LogP contribution in [0.1, 0.15) is 78.1 Å². The number of hydrogen-bond acceptors (Lipinski definition) is 2. The molecule has 1 aromatic carbocycles. The molecule has 40 heavy (non-hydrogen) atoms. The van der Waals surface area contributed by atoms with Gasteiger partial charge in [0.2, 0.25) is 0 Å². The molecule has 5 aliphatic rings. The minimum Gasteiger partial charge on any atom is -0.365 e. The molecule has 0 N–H and O–H groups in total. The van der Waals surface area contributed by atoms with Crippen molar-refractivity contribution >= 4 is 5.69 Å². The molecule has 2 heteroatoms. The van der Waals surface area contributed by atoms with E-state index in [2.05, 4.69) is 121 Å². The quantitative estimate of drug-likeness (QED) is 0.323. The lowest BCUT2D eigenvalue weighted by Crippen LogP contribution is -2.44. The predicted octanol–water partition coefficient (Wildman–Crippen LogP) is 9.47. The Morgan fingerprint density at radius 2 is 1.38 bits per heavy atom. The molecule has 6 rings (SSSR count). The molecular formula is C38H48N2. The third-order valence-electron chi connectivity index (χ3n) is 9.72. The summed E-state index contributed by atoms with van der Waals surface area (Å²) >= 11 is 0. The van der Waals surface area contributed by atoms with Crippen LogP contribution in [0.15, 0.2) is 114 Å². The summed E-state index contributed by atoms with van der Waals surface area (Å²) in [5.41, 5.74) is 5.74. The first-order chi connectivity index (χ1) is 19.7. The lowest BCUT2D eigenvalue weighted by atomic mass is 9.86. The van der Waals surface area contributed by atoms with Crippen LogP contribution in [0.25, 0.3) is 0 Å². The standard InChI is InChI=1S/C38H48N2/c1-29-11-9-17-37(27-29)39(33-13-5-3-6-14-33)35-23-19-31(20-24-35)32-21-25-36(26-22-32)40(34-15-7-4-8-16-34)38-18-10-12-30(2)28-38/h3-7,9,13-14,17-23,25,29-30,34-37H,8,10-12,15-16,24,26-28H2,1-2H3. The van der Waals surface area contributed by atoms with Crippen molar-refractivity contribution in [2.75, 3.05) is 4.90 Å². The molecule has 0 spiro atoms. The monoisotopic (exact) mass is 532 g/mol. The number of allylic oxidation sites excluding steroid dienone is 8. The van der Waals surface area contributed by atoms with Crippen LogP contribution in [-0.4, -0.2) is 29.1 Å². The highest BCUT2D eigenvalue weighted by Gasteiger charge is 2.30. The number of anilines is 1. The van der Waals surface area contributed by atoms with Crippen molar-refractivity contribution in [3.63, 3.8) is 0 Å². The fraction of sp³-hybridized carbons (Fsp3) is 0.474. The van der Waals surface area contributed by atoms with E-state index in [1.54, 1.807) is 5.70 Å². The van der Waals surface area contributed by atoms with Gasteiger partial charge < -0.3 is 9.80 Å². The van der Waals surface area contributed by atoms with Crippen molar-refractivity contribution < 1.29 is 0 Å². The Labute approximate surface area is 243 Å². The van der Waals surface area contributed by atoms with Gasteiger partial charge in [-0.25, -0.2) is 0 Å². The lowest BCUT2D eigenvalue weighted by molar-refractivity contribution is 0.181. The van der Waals surface area contributed by atoms with E-state index in [1.807, 2.05) is 0 Å². The van der Waals surface area contributed by atoms with Crippen LogP contribution in [0.4, 0.5) is 5.69 Å². The smallest absolute Gasteiger partial charge is 0.0517 e. The predicted molar refractivity (Wildman–Crippen MR) is 171 cm³/mol. The van der Waals surface area contributed by atoms with Crippen molar-refractivity contribution in [3.05, 3.63) is 114 Å². The zero-order valence-corrected chi connectivity index (χ0v) is 24.7. The average molecular weight is 533 g/mol. The van der Waals surface area contributed by atoms with Gasteiger partial charge in [-0.1, -0.05) is 98.9 Å². The molecule has 6 unspecified atom stereocenters. The fourth-order valence-corrected chi connectivity index (χ4v) is 7.59. The van der Waals surface area contributed by atoms with E-state index in [9.17, 15) is 0 Å². The summed E-state index contributed by atoms with van der Waals surface area (Å²) in [6.07, 6.45) is 39.1. The number of rotatable bonds is 7. The molecule has 0 heterocycles. The minimum atomic E-state index is 0.391. The van der Waals surface area contributed by atoms with E-state index in [0.29, 0.717) is 24.2 Å². The average Bonchev–Trinajstić information content (AvgIpc) is 3.00. The molecular weight excluding hydrogens is 484 g/mol. The Kier molecular flexibility index (Phi) is 8.61. The van der Waals surface area contributed by atoms with Gasteiger partial charge in [-0.15, -0.1) is 0 Å². The third-order valence-corrected chi connectivity index (χ3v) is 9.72. The maximum Gasteiger partial charge on any atom is 0.0517 e. The summed E-state index contributed by atoms with van der Waals surface area (Å²) in [6.45, 7) is 4.82. The van der Waals surface area contributed by atoms with Crippen LogP contribution in [-0.2, 0) is 0 Å². The van der Waals surface area contributed by atoms with E-state index in [1.165, 1.54) is 68.2 Å². The second kappa shape index (κ2) is 12.7. The number of para-hydroxylation sites is 1. The highest BCUT2D eigenvalue weighted by molar-refractivity contribution is 5.55. The fourth-order valence-electron chi connectivity index (χ4n) is 7.59. The van der Waals surface area contributed by atoms with Gasteiger partial charge >= 0.3 is 0 Å². The van der Waals surface area contributed by atoms with E-state index in [-0.39, 0.29) is 0 Å². The summed E-state index contributed by atoms with van der Waals surface area (Å²) in [6, 6.07) is 13.0. The maximum atomic E-state index is 2.82. The van der Waals surface area contributed by atoms with E-state index in [0.717, 1.165) is 24.7 Å². The first-order valence-corrected chi connectivity index (χ1v) is 16.0. The topological polar surface area (TPSA) is 6.48 Å². The van der Waals surface area contributed by atoms with Gasteiger partial charge in [-0.05, 0) is 99.3 Å². The largest absolute Gasteiger partial charge is 0.365 e. The van der Waals surface area contributed by atoms with E-state index in [4.69, 9.17) is 0 Å². The molecule has 0 aliphatic heterocycles. The summed E-state index contributed by atoms with van der Waals surface area (Å²) in [5, 5.41) is 0. The highest BCUT2D eigenvalue weighted by atomic mass is 15.2. The molecule has 5 aliphatic carbocycles. The van der Waals surface area contributed by atoms with Crippen molar-refractivity contribution in [1.82, 2.24) is 4.90 Å². The van der Waals surface area contributed by atoms with Gasteiger partial charge in [-0.3, -0.25) is 0 Å². The summed E-state index contributed by atoms with van der Waals surface area (Å²) in [5.74, 6) is 1.54. The zero-order valence-electron chi connectivity index (χ0n) is 24.7. The van der Waals surface area contributed by atoms with Crippen molar-refractivity contribution in [2.45, 2.75) is 102 Å². The van der Waals surface area contributed by atoms with Crippen LogP contribution < -0.4 is 4.90 Å². The molecule has 0 aromatic heterocycles. The zero-order chi connectivity index (χ0) is 27.3. The van der Waals surface area contributed by atoms with E-state index < -0.39 is 0 Å². The summed E-state index contributed by atoms with van der Waals surface area (Å²) in [4.78, 5) is 5.48. The van der Waals surface area contributed by atoms with Gasteiger partial charge in [-0.2, -0.15) is 0 Å². The minimum absolute atomic E-state index is 0.391. The summed E-state index contributed by atoms with van der Waals surface area (Å²) in [7, 11) is 0. The first kappa shape index (κ1) is 27.2. The van der Waals surface area contributed by atoms with Gasteiger partial charge in [0, 0.05) is 23.5 Å².